The number of sulfone groups is 2. The fourth-order valence-electron chi connectivity index (χ4n) is 2.56. The predicted molar refractivity (Wildman–Crippen MR) is 115 cm³/mol. The molecule has 0 saturated carbocycles. The second kappa shape index (κ2) is 10.5. The Hall–Kier alpha value is -1.24. The molecule has 0 saturated heterocycles. The van der Waals surface area contributed by atoms with Gasteiger partial charge in [-0.05, 0) is 62.3 Å². The van der Waals surface area contributed by atoms with E-state index in [1.165, 1.54) is 0 Å². The van der Waals surface area contributed by atoms with Crippen LogP contribution in [0.5, 0.6) is 0 Å². The van der Waals surface area contributed by atoms with Gasteiger partial charge >= 0.3 is 0 Å². The van der Waals surface area contributed by atoms with Gasteiger partial charge in [0.1, 0.15) is 0 Å². The quantitative estimate of drug-likeness (QED) is 0.375. The number of unbranched alkanes of at least 4 members (excludes halogenated alkanes) is 3. The summed E-state index contributed by atoms with van der Waals surface area (Å²) < 4.78 is 56.1. The van der Waals surface area contributed by atoms with E-state index < -0.39 is 19.7 Å². The Labute approximate surface area is 176 Å². The summed E-state index contributed by atoms with van der Waals surface area (Å²) >= 11 is 10.1. The molecule has 0 atom stereocenters. The van der Waals surface area contributed by atoms with Gasteiger partial charge in [-0.3, -0.25) is 0 Å². The zero-order chi connectivity index (χ0) is 20.6. The largest absolute Gasteiger partial charge is 0.471 e. The maximum atomic E-state index is 11.3. The third-order valence-corrected chi connectivity index (χ3v) is 7.24. The van der Waals surface area contributed by atoms with Gasteiger partial charge in [0.2, 0.25) is 0 Å². The zero-order valence-electron chi connectivity index (χ0n) is 15.3. The van der Waals surface area contributed by atoms with Gasteiger partial charge in [-0.15, -0.1) is 0 Å². The Balaban J connectivity index is 1.43. The molecule has 8 nitrogen and oxygen atoms in total. The maximum Gasteiger partial charge on any atom is 0.260 e. The van der Waals surface area contributed by atoms with Crippen LogP contribution in [0, 0.1) is 0 Å². The standard InChI is InChI=1S/C16H24N2O6S4/c19-27(20)9-5-13(11-27)17-15(25)23-7-3-1-2-4-8-24-16(26)18-14-6-10-28(21,22)12-14/h5-6H,1-4,7-12H2,(H,17,25)(H,18,26). The first-order chi connectivity index (χ1) is 13.2. The van der Waals surface area contributed by atoms with E-state index in [9.17, 15) is 16.8 Å². The molecule has 28 heavy (non-hydrogen) atoms. The fourth-order valence-corrected chi connectivity index (χ4v) is 5.46. The van der Waals surface area contributed by atoms with E-state index in [4.69, 9.17) is 33.9 Å². The summed E-state index contributed by atoms with van der Waals surface area (Å²) in [5, 5.41) is 5.97. The van der Waals surface area contributed by atoms with Crippen LogP contribution in [0.25, 0.3) is 0 Å². The van der Waals surface area contributed by atoms with Crippen LogP contribution in [0.2, 0.25) is 0 Å². The Kier molecular flexibility index (Phi) is 8.65. The fraction of sp³-hybridized carbons (Fsp3) is 0.625. The first-order valence-electron chi connectivity index (χ1n) is 8.82. The summed E-state index contributed by atoms with van der Waals surface area (Å²) in [5.74, 6) is 0.0198. The van der Waals surface area contributed by atoms with E-state index in [0.717, 1.165) is 25.7 Å². The average molecular weight is 469 g/mol. The van der Waals surface area contributed by atoms with Gasteiger partial charge < -0.3 is 20.1 Å². The lowest BCUT2D eigenvalue weighted by atomic mass is 10.2. The third-order valence-electron chi connectivity index (χ3n) is 3.95. The lowest BCUT2D eigenvalue weighted by Crippen LogP contribution is -2.25. The number of hydrogen-bond donors (Lipinski definition) is 2. The Morgan fingerprint density at radius 1 is 0.786 bits per heavy atom. The summed E-state index contributed by atoms with van der Waals surface area (Å²) in [7, 11) is -6.05. The van der Waals surface area contributed by atoms with Crippen molar-refractivity contribution in [3.8, 4) is 0 Å². The van der Waals surface area contributed by atoms with Crippen molar-refractivity contribution in [1.82, 2.24) is 10.6 Å². The number of rotatable bonds is 9. The highest BCUT2D eigenvalue weighted by molar-refractivity contribution is 7.92. The first kappa shape index (κ1) is 23.0. The summed E-state index contributed by atoms with van der Waals surface area (Å²) in [4.78, 5) is 0. The van der Waals surface area contributed by atoms with E-state index in [-0.39, 0.29) is 33.4 Å². The molecule has 0 spiro atoms. The first-order valence-corrected chi connectivity index (χ1v) is 13.3. The molecule has 158 valence electrons. The molecule has 0 amide bonds. The van der Waals surface area contributed by atoms with Crippen LogP contribution in [0.15, 0.2) is 23.5 Å². The van der Waals surface area contributed by atoms with Gasteiger partial charge in [-0.25, -0.2) is 16.8 Å². The Morgan fingerprint density at radius 2 is 1.18 bits per heavy atom. The summed E-state index contributed by atoms with van der Waals surface area (Å²) in [5.41, 5.74) is 1.13. The molecular formula is C16H24N2O6S4. The summed E-state index contributed by atoms with van der Waals surface area (Å²) in [6, 6.07) is 0. The van der Waals surface area contributed by atoms with Gasteiger partial charge in [0.15, 0.2) is 19.7 Å². The Bertz CT molecular complexity index is 790. The SMILES string of the molecule is O=S1(=O)CC=C(NC(=S)OCCCCCCOC(=S)NC2=CCS(=O)(=O)C2)C1. The number of hydrogen-bond acceptors (Lipinski definition) is 8. The minimum atomic E-state index is -3.02. The molecule has 0 aromatic rings. The van der Waals surface area contributed by atoms with E-state index >= 15 is 0 Å². The molecule has 0 aromatic carbocycles. The topological polar surface area (TPSA) is 111 Å². The normalized spacial score (nSPS) is 19.4. The van der Waals surface area contributed by atoms with Crippen LogP contribution in [-0.4, -0.2) is 63.4 Å². The molecule has 0 unspecified atom stereocenters. The van der Waals surface area contributed by atoms with Gasteiger partial charge in [-0.2, -0.15) is 0 Å². The number of nitrogens with one attached hydrogen (secondary N) is 2. The van der Waals surface area contributed by atoms with Crippen molar-refractivity contribution in [2.45, 2.75) is 25.7 Å². The Morgan fingerprint density at radius 3 is 1.50 bits per heavy atom. The molecule has 2 aliphatic rings. The van der Waals surface area contributed by atoms with Crippen molar-refractivity contribution in [3.63, 3.8) is 0 Å². The lowest BCUT2D eigenvalue weighted by Gasteiger charge is -2.11. The second-order valence-corrected chi connectivity index (χ2v) is 11.5. The van der Waals surface area contributed by atoms with E-state index in [0.29, 0.717) is 24.6 Å². The van der Waals surface area contributed by atoms with Crippen molar-refractivity contribution < 1.29 is 26.3 Å². The smallest absolute Gasteiger partial charge is 0.260 e. The second-order valence-electron chi connectivity index (χ2n) is 6.50. The van der Waals surface area contributed by atoms with Crippen LogP contribution in [-0.2, 0) is 29.1 Å². The minimum Gasteiger partial charge on any atom is -0.471 e. The van der Waals surface area contributed by atoms with Gasteiger partial charge in [0.25, 0.3) is 10.3 Å². The highest BCUT2D eigenvalue weighted by Gasteiger charge is 2.21. The molecule has 12 heteroatoms. The number of thiocarbonyl (C=S) groups is 2. The molecule has 2 rings (SSSR count). The molecule has 0 bridgehead atoms. The monoisotopic (exact) mass is 468 g/mol. The minimum absolute atomic E-state index is 0.0275. The molecule has 2 heterocycles. The zero-order valence-corrected chi connectivity index (χ0v) is 18.6. The molecule has 2 N–H and O–H groups in total. The van der Waals surface area contributed by atoms with Crippen LogP contribution >= 0.6 is 24.4 Å². The van der Waals surface area contributed by atoms with Crippen LogP contribution < -0.4 is 10.6 Å². The number of ether oxygens (including phenoxy) is 2. The van der Waals surface area contributed by atoms with Crippen LogP contribution in [0.1, 0.15) is 25.7 Å². The van der Waals surface area contributed by atoms with Gasteiger partial charge in [-0.1, -0.05) is 0 Å². The molecule has 2 aliphatic heterocycles. The predicted octanol–water partition coefficient (Wildman–Crippen LogP) is 0.954. The maximum absolute atomic E-state index is 11.3. The third kappa shape index (κ3) is 8.84. The van der Waals surface area contributed by atoms with Gasteiger partial charge in [0, 0.05) is 11.4 Å². The van der Waals surface area contributed by atoms with Crippen LogP contribution in [0.4, 0.5) is 0 Å². The van der Waals surface area contributed by atoms with Gasteiger partial charge in [0.05, 0.1) is 36.2 Å². The highest BCUT2D eigenvalue weighted by Crippen LogP contribution is 2.10. The van der Waals surface area contributed by atoms with E-state index in [1.807, 2.05) is 0 Å². The highest BCUT2D eigenvalue weighted by atomic mass is 32.2. The molecule has 0 aliphatic carbocycles. The molecule has 0 aromatic heterocycles. The molecule has 0 fully saturated rings. The molecule has 0 radical (unpaired) electrons. The van der Waals surface area contributed by atoms with Crippen LogP contribution in [0.3, 0.4) is 0 Å². The van der Waals surface area contributed by atoms with Crippen molar-refractivity contribution >= 4 is 54.5 Å². The average Bonchev–Trinajstić information content (AvgIpc) is 3.10. The van der Waals surface area contributed by atoms with Crippen molar-refractivity contribution in [3.05, 3.63) is 23.5 Å². The lowest BCUT2D eigenvalue weighted by molar-refractivity contribution is 0.273. The van der Waals surface area contributed by atoms with Crippen molar-refractivity contribution in [1.29, 1.82) is 0 Å². The summed E-state index contributed by atoms with van der Waals surface area (Å²) in [6.07, 6.45) is 6.68. The molecular weight excluding hydrogens is 444 g/mol. The van der Waals surface area contributed by atoms with Crippen molar-refractivity contribution in [2.24, 2.45) is 0 Å². The summed E-state index contributed by atoms with van der Waals surface area (Å²) in [6.45, 7) is 0.907. The van der Waals surface area contributed by atoms with E-state index in [2.05, 4.69) is 10.6 Å². The van der Waals surface area contributed by atoms with Crippen molar-refractivity contribution in [2.75, 3.05) is 36.2 Å². The van der Waals surface area contributed by atoms with E-state index in [1.54, 1.807) is 12.2 Å².